The molecule has 21 heavy (non-hydrogen) atoms. The van der Waals surface area contributed by atoms with E-state index >= 15 is 0 Å². The second kappa shape index (κ2) is 14.9. The summed E-state index contributed by atoms with van der Waals surface area (Å²) in [6.45, 7) is 2.29. The van der Waals surface area contributed by atoms with Crippen LogP contribution < -0.4 is 3.61 Å². The van der Waals surface area contributed by atoms with Gasteiger partial charge in [-0.1, -0.05) is 13.3 Å². The van der Waals surface area contributed by atoms with Crippen LogP contribution in [0.15, 0.2) is 30.3 Å². The Labute approximate surface area is 143 Å². The summed E-state index contributed by atoms with van der Waals surface area (Å²) >= 11 is 0.109. The summed E-state index contributed by atoms with van der Waals surface area (Å²) < 4.78 is 3.12. The zero-order valence-electron chi connectivity index (χ0n) is 14.0. The molecule has 0 bridgehead atoms. The van der Waals surface area contributed by atoms with Crippen LogP contribution in [-0.2, 0) is 0 Å². The van der Waals surface area contributed by atoms with Crippen molar-refractivity contribution in [3.8, 4) is 0 Å². The van der Waals surface area contributed by atoms with E-state index in [9.17, 15) is 0 Å². The standard InChI is InChI=1S/C20H34Te/c1-2-3-4-5-6-7-8-9-10-11-12-16-19-21-20-17-14-13-15-18-20/h13-15,17-18H,2-12,16,19H2,1H3. The maximum absolute atomic E-state index is 2.31. The van der Waals surface area contributed by atoms with Gasteiger partial charge in [-0.2, -0.15) is 0 Å². The Kier molecular flexibility index (Phi) is 13.5. The molecule has 0 aliphatic carbocycles. The first-order valence-corrected chi connectivity index (χ1v) is 11.9. The van der Waals surface area contributed by atoms with Crippen LogP contribution in [0.1, 0.15) is 84.0 Å². The van der Waals surface area contributed by atoms with Gasteiger partial charge >= 0.3 is 130 Å². The van der Waals surface area contributed by atoms with Crippen molar-refractivity contribution in [1.82, 2.24) is 0 Å². The number of rotatable bonds is 14. The molecule has 0 nitrogen and oxygen atoms in total. The van der Waals surface area contributed by atoms with Crippen LogP contribution in [-0.4, -0.2) is 20.9 Å². The molecule has 0 saturated heterocycles. The van der Waals surface area contributed by atoms with Crippen LogP contribution in [0.5, 0.6) is 0 Å². The van der Waals surface area contributed by atoms with Gasteiger partial charge in [-0.05, 0) is 0 Å². The minimum atomic E-state index is 0.109. The molecule has 0 unspecified atom stereocenters. The topological polar surface area (TPSA) is 0 Å². The number of hydrogen-bond donors (Lipinski definition) is 0. The molecule has 1 heteroatoms. The Morgan fingerprint density at radius 3 is 1.62 bits per heavy atom. The molecule has 0 aliphatic rings. The second-order valence-corrected chi connectivity index (χ2v) is 9.39. The van der Waals surface area contributed by atoms with Crippen LogP contribution in [0.3, 0.4) is 0 Å². The van der Waals surface area contributed by atoms with E-state index in [1.54, 1.807) is 3.61 Å². The third kappa shape index (κ3) is 12.3. The predicted molar refractivity (Wildman–Crippen MR) is 97.7 cm³/mol. The first-order chi connectivity index (χ1) is 10.4. The van der Waals surface area contributed by atoms with Gasteiger partial charge in [-0.15, -0.1) is 0 Å². The average molecular weight is 402 g/mol. The average Bonchev–Trinajstić information content (AvgIpc) is 2.53. The van der Waals surface area contributed by atoms with Gasteiger partial charge in [0.15, 0.2) is 0 Å². The Bertz CT molecular complexity index is 307. The van der Waals surface area contributed by atoms with Crippen molar-refractivity contribution < 1.29 is 0 Å². The van der Waals surface area contributed by atoms with Gasteiger partial charge in [0.1, 0.15) is 0 Å². The van der Waals surface area contributed by atoms with Gasteiger partial charge in [0.05, 0.1) is 0 Å². The number of unbranched alkanes of at least 4 members (excludes halogenated alkanes) is 11. The summed E-state index contributed by atoms with van der Waals surface area (Å²) in [6.07, 6.45) is 17.5. The van der Waals surface area contributed by atoms with Crippen LogP contribution in [0.4, 0.5) is 0 Å². The van der Waals surface area contributed by atoms with E-state index in [2.05, 4.69) is 37.3 Å². The van der Waals surface area contributed by atoms with Crippen molar-refractivity contribution in [2.75, 3.05) is 0 Å². The third-order valence-corrected chi connectivity index (χ3v) is 7.14. The van der Waals surface area contributed by atoms with Crippen LogP contribution in [0.2, 0.25) is 4.47 Å². The number of hydrogen-bond acceptors (Lipinski definition) is 0. The molecule has 120 valence electrons. The summed E-state index contributed by atoms with van der Waals surface area (Å²) in [6, 6.07) is 11.1. The summed E-state index contributed by atoms with van der Waals surface area (Å²) in [4.78, 5) is 0. The summed E-state index contributed by atoms with van der Waals surface area (Å²) in [5.41, 5.74) is 0. The molecule has 0 fully saturated rings. The van der Waals surface area contributed by atoms with Crippen molar-refractivity contribution in [1.29, 1.82) is 0 Å². The second-order valence-electron chi connectivity index (χ2n) is 6.05. The van der Waals surface area contributed by atoms with E-state index in [0.717, 1.165) is 0 Å². The van der Waals surface area contributed by atoms with Gasteiger partial charge in [-0.25, -0.2) is 0 Å². The fraction of sp³-hybridized carbons (Fsp3) is 0.700. The van der Waals surface area contributed by atoms with Crippen LogP contribution in [0.25, 0.3) is 0 Å². The quantitative estimate of drug-likeness (QED) is 0.259. The van der Waals surface area contributed by atoms with Crippen molar-refractivity contribution in [3.63, 3.8) is 0 Å². The minimum absolute atomic E-state index is 0.109. The molecule has 1 rings (SSSR count). The molecule has 0 atom stereocenters. The van der Waals surface area contributed by atoms with Crippen molar-refractivity contribution >= 4 is 24.5 Å². The van der Waals surface area contributed by atoms with Gasteiger partial charge in [0.2, 0.25) is 0 Å². The van der Waals surface area contributed by atoms with E-state index in [1.807, 2.05) is 0 Å². The van der Waals surface area contributed by atoms with E-state index in [1.165, 1.54) is 81.5 Å². The SMILES string of the molecule is CCCCCCCCCCCCCC[Te]c1ccccc1. The normalized spacial score (nSPS) is 10.9. The molecule has 0 aliphatic heterocycles. The molecule has 0 aromatic heterocycles. The third-order valence-electron chi connectivity index (χ3n) is 4.01. The summed E-state index contributed by atoms with van der Waals surface area (Å²) in [7, 11) is 0. The fourth-order valence-electron chi connectivity index (χ4n) is 2.65. The predicted octanol–water partition coefficient (Wildman–Crippen LogP) is 6.14. The molecule has 0 N–H and O–H groups in total. The molecule has 0 radical (unpaired) electrons. The van der Waals surface area contributed by atoms with E-state index < -0.39 is 0 Å². The number of benzene rings is 1. The van der Waals surface area contributed by atoms with Crippen LogP contribution >= 0.6 is 0 Å². The molecule has 0 amide bonds. The van der Waals surface area contributed by atoms with E-state index in [4.69, 9.17) is 0 Å². The summed E-state index contributed by atoms with van der Waals surface area (Å²) in [5, 5.41) is 0. The molecule has 0 heterocycles. The Hall–Kier alpha value is 0.00961. The van der Waals surface area contributed by atoms with E-state index in [-0.39, 0.29) is 20.9 Å². The van der Waals surface area contributed by atoms with E-state index in [0.29, 0.717) is 0 Å². The molecule has 1 aromatic rings. The molecular formula is C20H34Te. The van der Waals surface area contributed by atoms with Gasteiger partial charge in [-0.3, -0.25) is 0 Å². The molecule has 0 spiro atoms. The Balaban J connectivity index is 1.75. The van der Waals surface area contributed by atoms with Crippen molar-refractivity contribution in [2.24, 2.45) is 0 Å². The first-order valence-electron chi connectivity index (χ1n) is 9.11. The van der Waals surface area contributed by atoms with Crippen molar-refractivity contribution in [2.45, 2.75) is 88.4 Å². The molecule has 1 aromatic carbocycles. The van der Waals surface area contributed by atoms with Crippen molar-refractivity contribution in [3.05, 3.63) is 30.3 Å². The monoisotopic (exact) mass is 404 g/mol. The first kappa shape index (κ1) is 19.1. The Morgan fingerprint density at radius 1 is 0.619 bits per heavy atom. The van der Waals surface area contributed by atoms with Gasteiger partial charge in [0, 0.05) is 0 Å². The molecule has 0 saturated carbocycles. The van der Waals surface area contributed by atoms with Gasteiger partial charge < -0.3 is 0 Å². The maximum atomic E-state index is 2.31. The van der Waals surface area contributed by atoms with Crippen LogP contribution in [0, 0.1) is 0 Å². The zero-order valence-corrected chi connectivity index (χ0v) is 16.3. The van der Waals surface area contributed by atoms with Gasteiger partial charge in [0.25, 0.3) is 0 Å². The molecular weight excluding hydrogens is 368 g/mol. The fourth-order valence-corrected chi connectivity index (χ4v) is 5.31. The summed E-state index contributed by atoms with van der Waals surface area (Å²) in [5.74, 6) is 0. The Morgan fingerprint density at radius 2 is 1.10 bits per heavy atom. The zero-order chi connectivity index (χ0) is 15.0.